The topological polar surface area (TPSA) is 58.6 Å². The van der Waals surface area contributed by atoms with E-state index in [0.29, 0.717) is 17.9 Å². The molecular weight excluding hydrogens is 350 g/mol. The molecule has 0 spiro atoms. The summed E-state index contributed by atoms with van der Waals surface area (Å²) in [7, 11) is 0. The second-order valence-electron chi connectivity index (χ2n) is 9.42. The lowest BCUT2D eigenvalue weighted by atomic mass is 9.72. The van der Waals surface area contributed by atoms with Crippen molar-refractivity contribution in [1.29, 1.82) is 0 Å². The predicted molar refractivity (Wildman–Crippen MR) is 114 cm³/mol. The molecule has 3 rings (SSSR count). The largest absolute Gasteiger partial charge is 0.490 e. The molecule has 1 aromatic carbocycles. The molecule has 1 heterocycles. The van der Waals surface area contributed by atoms with Crippen molar-refractivity contribution in [1.82, 2.24) is 5.32 Å². The van der Waals surface area contributed by atoms with Crippen molar-refractivity contribution >= 4 is 11.5 Å². The van der Waals surface area contributed by atoms with Crippen LogP contribution in [0.5, 0.6) is 5.75 Å². The molecule has 1 atom stereocenters. The van der Waals surface area contributed by atoms with Crippen LogP contribution in [0.1, 0.15) is 71.3 Å². The second kappa shape index (κ2) is 9.13. The lowest BCUT2D eigenvalue weighted by Gasteiger charge is -2.37. The first-order valence-corrected chi connectivity index (χ1v) is 10.7. The van der Waals surface area contributed by atoms with Crippen molar-refractivity contribution in [2.45, 2.75) is 77.9 Å². The number of benzene rings is 1. The fourth-order valence-corrected chi connectivity index (χ4v) is 4.47. The molecule has 1 aliphatic heterocycles. The summed E-state index contributed by atoms with van der Waals surface area (Å²) in [6.07, 6.45) is 9.13. The van der Waals surface area contributed by atoms with Crippen LogP contribution in [0.2, 0.25) is 0 Å². The molecule has 28 heavy (non-hydrogen) atoms. The van der Waals surface area contributed by atoms with Crippen LogP contribution in [-0.2, 0) is 4.79 Å². The van der Waals surface area contributed by atoms with Gasteiger partial charge in [0, 0.05) is 12.5 Å². The van der Waals surface area contributed by atoms with E-state index in [2.05, 4.69) is 56.4 Å². The van der Waals surface area contributed by atoms with Crippen molar-refractivity contribution in [3.05, 3.63) is 35.9 Å². The third kappa shape index (κ3) is 5.84. The summed E-state index contributed by atoms with van der Waals surface area (Å²) in [5.41, 5.74) is 2.91. The average molecular weight is 386 g/mol. The Bertz CT molecular complexity index is 679. The quantitative estimate of drug-likeness (QED) is 0.699. The summed E-state index contributed by atoms with van der Waals surface area (Å²) >= 11 is 0. The molecule has 0 saturated heterocycles. The first-order valence-electron chi connectivity index (χ1n) is 10.7. The summed E-state index contributed by atoms with van der Waals surface area (Å²) in [6.45, 7) is 7.93. The monoisotopic (exact) mass is 385 g/mol. The van der Waals surface area contributed by atoms with Gasteiger partial charge in [-0.15, -0.1) is 0 Å². The van der Waals surface area contributed by atoms with Gasteiger partial charge in [-0.3, -0.25) is 4.79 Å². The Kier molecular flexibility index (Phi) is 6.82. The molecule has 0 bridgehead atoms. The highest BCUT2D eigenvalue weighted by atomic mass is 16.5. The minimum Gasteiger partial charge on any atom is -0.490 e. The third-order valence-corrected chi connectivity index (χ3v) is 6.30. The van der Waals surface area contributed by atoms with Crippen LogP contribution in [0.15, 0.2) is 30.3 Å². The van der Waals surface area contributed by atoms with Crippen LogP contribution in [0, 0.1) is 11.3 Å². The number of hydrogen-bond donors (Lipinski definition) is 2. The normalized spacial score (nSPS) is 25.8. The maximum atomic E-state index is 10.8. The fourth-order valence-electron chi connectivity index (χ4n) is 4.47. The highest BCUT2D eigenvalue weighted by Gasteiger charge is 2.30. The van der Waals surface area contributed by atoms with Gasteiger partial charge in [0.15, 0.2) is 0 Å². The molecule has 2 aliphatic rings. The lowest BCUT2D eigenvalue weighted by Crippen LogP contribution is -2.32. The van der Waals surface area contributed by atoms with E-state index >= 15 is 0 Å². The van der Waals surface area contributed by atoms with Crippen LogP contribution in [0.4, 0.5) is 0 Å². The summed E-state index contributed by atoms with van der Waals surface area (Å²) in [4.78, 5) is 10.8. The predicted octanol–water partition coefficient (Wildman–Crippen LogP) is 5.28. The van der Waals surface area contributed by atoms with Crippen LogP contribution in [0.25, 0.3) is 5.57 Å². The number of carboxylic acids is 1. The van der Waals surface area contributed by atoms with Crippen molar-refractivity contribution in [2.75, 3.05) is 6.54 Å². The highest BCUT2D eigenvalue weighted by Crippen LogP contribution is 2.38. The number of hydrogen-bond acceptors (Lipinski definition) is 3. The molecule has 2 N–H and O–H groups in total. The molecule has 4 nitrogen and oxygen atoms in total. The summed E-state index contributed by atoms with van der Waals surface area (Å²) < 4.78 is 6.25. The Labute approximate surface area is 169 Å². The zero-order valence-electron chi connectivity index (χ0n) is 17.5. The lowest BCUT2D eigenvalue weighted by molar-refractivity contribution is -0.137. The second-order valence-corrected chi connectivity index (χ2v) is 9.42. The maximum absolute atomic E-state index is 10.8. The van der Waals surface area contributed by atoms with Crippen molar-refractivity contribution in [3.8, 4) is 5.75 Å². The van der Waals surface area contributed by atoms with E-state index in [0.717, 1.165) is 37.5 Å². The smallest absolute Gasteiger partial charge is 0.303 e. The summed E-state index contributed by atoms with van der Waals surface area (Å²) in [5.74, 6) is 1.02. The zero-order valence-corrected chi connectivity index (χ0v) is 17.5. The van der Waals surface area contributed by atoms with Crippen LogP contribution in [0.3, 0.4) is 0 Å². The SMILES string of the molecule is CC(C)(C)[C@H]1CC[C@H](Oc2ccc(C3=CC(CCC(=O)O)NCC3)cc2)CC1. The molecule has 4 heteroatoms. The minimum absolute atomic E-state index is 0.147. The fraction of sp³-hybridized carbons (Fsp3) is 0.625. The number of aliphatic carboxylic acids is 1. The van der Waals surface area contributed by atoms with Crippen molar-refractivity contribution in [2.24, 2.45) is 11.3 Å². The molecule has 0 aromatic heterocycles. The van der Waals surface area contributed by atoms with Gasteiger partial charge >= 0.3 is 5.97 Å². The Balaban J connectivity index is 1.54. The van der Waals surface area contributed by atoms with E-state index in [1.807, 2.05) is 0 Å². The van der Waals surface area contributed by atoms with Crippen molar-refractivity contribution in [3.63, 3.8) is 0 Å². The number of carboxylic acid groups (broad SMARTS) is 1. The molecule has 154 valence electrons. The van der Waals surface area contributed by atoms with Gasteiger partial charge in [-0.2, -0.15) is 0 Å². The molecule has 1 aromatic rings. The van der Waals surface area contributed by atoms with Gasteiger partial charge in [0.2, 0.25) is 0 Å². The average Bonchev–Trinajstić information content (AvgIpc) is 2.67. The van der Waals surface area contributed by atoms with Gasteiger partial charge in [0.05, 0.1) is 6.10 Å². The van der Waals surface area contributed by atoms with E-state index in [9.17, 15) is 4.79 Å². The number of rotatable bonds is 6. The van der Waals surface area contributed by atoms with E-state index < -0.39 is 5.97 Å². The van der Waals surface area contributed by atoms with Crippen LogP contribution in [-0.4, -0.2) is 29.8 Å². The van der Waals surface area contributed by atoms with Gasteiger partial charge in [0.1, 0.15) is 5.75 Å². The highest BCUT2D eigenvalue weighted by molar-refractivity contribution is 5.69. The molecule has 1 saturated carbocycles. The Morgan fingerprint density at radius 3 is 2.43 bits per heavy atom. The van der Waals surface area contributed by atoms with E-state index in [-0.39, 0.29) is 12.5 Å². The first-order chi connectivity index (χ1) is 13.3. The van der Waals surface area contributed by atoms with Gasteiger partial charge in [-0.1, -0.05) is 39.0 Å². The van der Waals surface area contributed by atoms with Crippen LogP contribution < -0.4 is 10.1 Å². The van der Waals surface area contributed by atoms with E-state index in [1.54, 1.807) is 0 Å². The number of ether oxygens (including phenoxy) is 1. The molecule has 0 radical (unpaired) electrons. The van der Waals surface area contributed by atoms with Gasteiger partial charge in [0.25, 0.3) is 0 Å². The van der Waals surface area contributed by atoms with E-state index in [4.69, 9.17) is 9.84 Å². The molecule has 0 amide bonds. The van der Waals surface area contributed by atoms with Crippen molar-refractivity contribution < 1.29 is 14.6 Å². The first kappa shape index (κ1) is 20.9. The Hall–Kier alpha value is -1.81. The number of carbonyl (C=O) groups is 1. The molecule has 1 aliphatic carbocycles. The minimum atomic E-state index is -0.736. The van der Waals surface area contributed by atoms with Gasteiger partial charge in [-0.25, -0.2) is 0 Å². The maximum Gasteiger partial charge on any atom is 0.303 e. The zero-order chi connectivity index (χ0) is 20.1. The summed E-state index contributed by atoms with van der Waals surface area (Å²) in [6, 6.07) is 8.60. The van der Waals surface area contributed by atoms with Crippen LogP contribution >= 0.6 is 0 Å². The molecular formula is C24H35NO3. The Morgan fingerprint density at radius 2 is 1.82 bits per heavy atom. The standard InChI is InChI=1S/C24H35NO3/c1-24(2,3)19-6-11-22(12-7-19)28-21-9-4-17(5-10-21)18-14-15-25-20(16-18)8-13-23(26)27/h4-5,9-10,16,19-20,22,25H,6-8,11-15H2,1-3H3,(H,26,27)/t19-,20?,22-. The number of nitrogens with one attached hydrogen (secondary N) is 1. The third-order valence-electron chi connectivity index (χ3n) is 6.30. The summed E-state index contributed by atoms with van der Waals surface area (Å²) in [5, 5.41) is 12.3. The molecule has 1 unspecified atom stereocenters. The van der Waals surface area contributed by atoms with E-state index in [1.165, 1.54) is 24.0 Å². The molecule has 1 fully saturated rings. The Morgan fingerprint density at radius 1 is 1.14 bits per heavy atom. The van der Waals surface area contributed by atoms with Gasteiger partial charge in [-0.05, 0) is 79.7 Å². The van der Waals surface area contributed by atoms with Gasteiger partial charge < -0.3 is 15.2 Å².